The first-order valence-electron chi connectivity index (χ1n) is 8.50. The molecule has 0 atom stereocenters. The van der Waals surface area contributed by atoms with E-state index in [9.17, 15) is 14.9 Å². The molecule has 0 aliphatic rings. The van der Waals surface area contributed by atoms with E-state index in [1.807, 2.05) is 35.8 Å². The number of ether oxygens (including phenoxy) is 1. The van der Waals surface area contributed by atoms with Crippen LogP contribution in [0.3, 0.4) is 0 Å². The number of ketones is 1. The number of hydrogen-bond acceptors (Lipinski definition) is 7. The van der Waals surface area contributed by atoms with Gasteiger partial charge in [0, 0.05) is 18.2 Å². The van der Waals surface area contributed by atoms with Crippen molar-refractivity contribution >= 4 is 23.2 Å². The van der Waals surface area contributed by atoms with Gasteiger partial charge in [-0.1, -0.05) is 12.1 Å². The Morgan fingerprint density at radius 1 is 1.25 bits per heavy atom. The molecule has 3 rings (SSSR count). The minimum absolute atomic E-state index is 0.137. The van der Waals surface area contributed by atoms with Crippen molar-refractivity contribution in [3.8, 4) is 17.1 Å². The Morgan fingerprint density at radius 2 is 2.00 bits per heavy atom. The van der Waals surface area contributed by atoms with Crippen molar-refractivity contribution in [1.82, 2.24) is 14.8 Å². The molecule has 1 heterocycles. The largest absolute Gasteiger partial charge is 0.496 e. The molecule has 0 unspecified atom stereocenters. The normalized spacial score (nSPS) is 10.7. The lowest BCUT2D eigenvalue weighted by molar-refractivity contribution is -0.387. The van der Waals surface area contributed by atoms with Gasteiger partial charge in [-0.3, -0.25) is 14.9 Å². The van der Waals surface area contributed by atoms with Crippen LogP contribution in [-0.2, 0) is 6.54 Å². The predicted octanol–water partition coefficient (Wildman–Crippen LogP) is 4.24. The number of hydrogen-bond donors (Lipinski definition) is 0. The summed E-state index contributed by atoms with van der Waals surface area (Å²) < 4.78 is 7.27. The molecule has 0 N–H and O–H groups in total. The van der Waals surface area contributed by atoms with E-state index in [0.717, 1.165) is 17.3 Å². The Labute approximate surface area is 165 Å². The Balaban J connectivity index is 2.04. The highest BCUT2D eigenvalue weighted by atomic mass is 32.2. The molecule has 0 aliphatic carbocycles. The van der Waals surface area contributed by atoms with Crippen molar-refractivity contribution in [3.05, 3.63) is 58.1 Å². The molecule has 0 amide bonds. The summed E-state index contributed by atoms with van der Waals surface area (Å²) in [4.78, 5) is 22.9. The molecule has 28 heavy (non-hydrogen) atoms. The van der Waals surface area contributed by atoms with Gasteiger partial charge in [-0.05, 0) is 49.9 Å². The van der Waals surface area contributed by atoms with E-state index >= 15 is 0 Å². The first-order chi connectivity index (χ1) is 13.5. The van der Waals surface area contributed by atoms with Gasteiger partial charge in [-0.15, -0.1) is 10.2 Å². The van der Waals surface area contributed by atoms with Crippen molar-refractivity contribution in [1.29, 1.82) is 0 Å². The summed E-state index contributed by atoms with van der Waals surface area (Å²) in [7, 11) is 1.58. The van der Waals surface area contributed by atoms with Crippen LogP contribution in [0.2, 0.25) is 0 Å². The molecule has 0 aliphatic heterocycles. The quantitative estimate of drug-likeness (QED) is 0.333. The monoisotopic (exact) mass is 398 g/mol. The van der Waals surface area contributed by atoms with Crippen LogP contribution >= 0.6 is 11.8 Å². The van der Waals surface area contributed by atoms with Crippen LogP contribution in [0.1, 0.15) is 24.2 Å². The standard InChI is InChI=1S/C19H18N4O4S/c1-4-22-18(14-7-5-6-8-16(14)27-3)20-21-19(22)28-17-10-9-13(12(2)24)11-15(17)23(25)26/h5-11H,4H2,1-3H3. The van der Waals surface area contributed by atoms with Crippen LogP contribution in [0.4, 0.5) is 5.69 Å². The minimum atomic E-state index is -0.497. The molecule has 144 valence electrons. The van der Waals surface area contributed by atoms with Crippen LogP contribution in [0.5, 0.6) is 5.75 Å². The van der Waals surface area contributed by atoms with Crippen LogP contribution in [-0.4, -0.2) is 32.6 Å². The summed E-state index contributed by atoms with van der Waals surface area (Å²) in [5, 5.41) is 20.5. The van der Waals surface area contributed by atoms with Crippen molar-refractivity contribution < 1.29 is 14.5 Å². The van der Waals surface area contributed by atoms with Crippen molar-refractivity contribution in [2.75, 3.05) is 7.11 Å². The summed E-state index contributed by atoms with van der Waals surface area (Å²) in [6.07, 6.45) is 0. The second-order valence-corrected chi connectivity index (χ2v) is 6.86. The second-order valence-electron chi connectivity index (χ2n) is 5.85. The summed E-state index contributed by atoms with van der Waals surface area (Å²) in [5.74, 6) is 1.05. The minimum Gasteiger partial charge on any atom is -0.496 e. The van der Waals surface area contributed by atoms with E-state index < -0.39 is 4.92 Å². The van der Waals surface area contributed by atoms with Crippen LogP contribution < -0.4 is 4.74 Å². The smallest absolute Gasteiger partial charge is 0.284 e. The molecule has 0 saturated heterocycles. The fourth-order valence-corrected chi connectivity index (χ4v) is 3.72. The van der Waals surface area contributed by atoms with Crippen LogP contribution in [0.25, 0.3) is 11.4 Å². The zero-order valence-electron chi connectivity index (χ0n) is 15.6. The fourth-order valence-electron chi connectivity index (χ4n) is 2.74. The van der Waals surface area contributed by atoms with E-state index in [1.54, 1.807) is 19.2 Å². The van der Waals surface area contributed by atoms with E-state index in [4.69, 9.17) is 4.74 Å². The maximum atomic E-state index is 11.5. The lowest BCUT2D eigenvalue weighted by Gasteiger charge is -2.10. The van der Waals surface area contributed by atoms with Gasteiger partial charge in [0.1, 0.15) is 5.75 Å². The number of nitro groups is 1. The lowest BCUT2D eigenvalue weighted by atomic mass is 10.1. The van der Waals surface area contributed by atoms with Gasteiger partial charge in [0.2, 0.25) is 0 Å². The van der Waals surface area contributed by atoms with Crippen LogP contribution in [0.15, 0.2) is 52.5 Å². The molecule has 0 radical (unpaired) electrons. The first-order valence-corrected chi connectivity index (χ1v) is 9.31. The van der Waals surface area contributed by atoms with Gasteiger partial charge >= 0.3 is 0 Å². The molecular weight excluding hydrogens is 380 g/mol. The van der Waals surface area contributed by atoms with E-state index in [-0.39, 0.29) is 11.5 Å². The van der Waals surface area contributed by atoms with Gasteiger partial charge in [0.05, 0.1) is 22.5 Å². The van der Waals surface area contributed by atoms with Gasteiger partial charge in [-0.25, -0.2) is 0 Å². The Morgan fingerprint density at radius 3 is 2.64 bits per heavy atom. The number of rotatable bonds is 7. The molecule has 8 nitrogen and oxygen atoms in total. The number of methoxy groups -OCH3 is 1. The summed E-state index contributed by atoms with van der Waals surface area (Å²) in [6, 6.07) is 11.9. The summed E-state index contributed by atoms with van der Waals surface area (Å²) >= 11 is 1.14. The van der Waals surface area contributed by atoms with Gasteiger partial charge in [-0.2, -0.15) is 0 Å². The van der Waals surface area contributed by atoms with E-state index in [0.29, 0.717) is 33.7 Å². The lowest BCUT2D eigenvalue weighted by Crippen LogP contribution is -2.01. The van der Waals surface area contributed by atoms with E-state index in [2.05, 4.69) is 10.2 Å². The van der Waals surface area contributed by atoms with Crippen molar-refractivity contribution in [3.63, 3.8) is 0 Å². The highest BCUT2D eigenvalue weighted by molar-refractivity contribution is 7.99. The Kier molecular flexibility index (Phi) is 5.74. The molecule has 0 bridgehead atoms. The number of nitrogens with zero attached hydrogens (tertiary/aromatic N) is 4. The number of carbonyl (C=O) groups is 1. The van der Waals surface area contributed by atoms with Gasteiger partial charge in [0.15, 0.2) is 16.8 Å². The number of Topliss-reactive ketones (excluding diaryl/α,β-unsaturated/α-hetero) is 1. The Bertz CT molecular complexity index is 1050. The number of benzene rings is 2. The zero-order valence-corrected chi connectivity index (χ0v) is 16.4. The predicted molar refractivity (Wildman–Crippen MR) is 105 cm³/mol. The fraction of sp³-hybridized carbons (Fsp3) is 0.211. The number of para-hydroxylation sites is 1. The third kappa shape index (κ3) is 3.74. The number of carbonyl (C=O) groups excluding carboxylic acids is 1. The van der Waals surface area contributed by atoms with E-state index in [1.165, 1.54) is 13.0 Å². The SMILES string of the molecule is CCn1c(Sc2ccc(C(C)=O)cc2[N+](=O)[O-])nnc1-c1ccccc1OC. The maximum absolute atomic E-state index is 11.5. The topological polar surface area (TPSA) is 100 Å². The van der Waals surface area contributed by atoms with Gasteiger partial charge < -0.3 is 9.30 Å². The summed E-state index contributed by atoms with van der Waals surface area (Å²) in [5.41, 5.74) is 0.942. The maximum Gasteiger partial charge on any atom is 0.284 e. The highest BCUT2D eigenvalue weighted by Crippen LogP contribution is 2.37. The molecule has 1 aromatic heterocycles. The average molecular weight is 398 g/mol. The molecule has 9 heteroatoms. The van der Waals surface area contributed by atoms with Crippen LogP contribution in [0, 0.1) is 10.1 Å². The van der Waals surface area contributed by atoms with Crippen molar-refractivity contribution in [2.45, 2.75) is 30.4 Å². The molecule has 0 spiro atoms. The number of nitro benzene ring substituents is 1. The second kappa shape index (κ2) is 8.22. The molecular formula is C19H18N4O4S. The van der Waals surface area contributed by atoms with Gasteiger partial charge in [0.25, 0.3) is 5.69 Å². The molecule has 3 aromatic rings. The average Bonchev–Trinajstić information content (AvgIpc) is 3.10. The van der Waals surface area contributed by atoms with Crippen molar-refractivity contribution in [2.24, 2.45) is 0 Å². The highest BCUT2D eigenvalue weighted by Gasteiger charge is 2.22. The molecule has 0 saturated carbocycles. The Hall–Kier alpha value is -3.20. The third-order valence-electron chi connectivity index (χ3n) is 4.14. The summed E-state index contributed by atoms with van der Waals surface area (Å²) in [6.45, 7) is 3.89. The molecule has 2 aromatic carbocycles. The molecule has 0 fully saturated rings. The third-order valence-corrected chi connectivity index (χ3v) is 5.19. The first kappa shape index (κ1) is 19.6. The number of aromatic nitrogens is 3. The zero-order chi connectivity index (χ0) is 20.3.